The maximum Gasteiger partial charge on any atom is 0.240 e. The Labute approximate surface area is 225 Å². The number of imide groups is 1. The smallest absolute Gasteiger partial charge is 0.240 e. The number of hydrogen-bond acceptors (Lipinski definition) is 6. The minimum atomic E-state index is -0.922. The molecule has 0 saturated carbocycles. The number of carbonyl (C=O) groups excluding carboxylic acids is 3. The molecule has 38 heavy (non-hydrogen) atoms. The van der Waals surface area contributed by atoms with Crippen LogP contribution in [-0.4, -0.2) is 41.5 Å². The van der Waals surface area contributed by atoms with Gasteiger partial charge in [0.2, 0.25) is 11.8 Å². The Morgan fingerprint density at radius 1 is 0.947 bits per heavy atom. The fourth-order valence-corrected chi connectivity index (χ4v) is 5.86. The zero-order valence-electron chi connectivity index (χ0n) is 20.8. The van der Waals surface area contributed by atoms with E-state index in [-0.39, 0.29) is 11.7 Å². The summed E-state index contributed by atoms with van der Waals surface area (Å²) in [6, 6.07) is 19.8. The Bertz CT molecular complexity index is 1440. The average molecular weight is 528 g/mol. The number of fused-ring (bicyclic) bond motifs is 5. The van der Waals surface area contributed by atoms with Crippen molar-refractivity contribution in [3.8, 4) is 5.75 Å². The number of anilines is 1. The monoisotopic (exact) mass is 527 g/mol. The normalized spacial score (nSPS) is 23.3. The van der Waals surface area contributed by atoms with Crippen molar-refractivity contribution in [1.29, 1.82) is 0 Å². The first-order chi connectivity index (χ1) is 18.5. The van der Waals surface area contributed by atoms with Crippen molar-refractivity contribution in [2.75, 3.05) is 11.5 Å². The second-order valence-corrected chi connectivity index (χ2v) is 10.2. The van der Waals surface area contributed by atoms with E-state index in [0.29, 0.717) is 28.6 Å². The predicted octanol–water partition coefficient (Wildman–Crippen LogP) is 5.28. The molecule has 0 aliphatic carbocycles. The summed E-state index contributed by atoms with van der Waals surface area (Å²) in [5.74, 6) is -1.93. The highest BCUT2D eigenvalue weighted by Crippen LogP contribution is 2.53. The van der Waals surface area contributed by atoms with Crippen molar-refractivity contribution in [2.45, 2.75) is 31.8 Å². The standard InChI is InChI=1S/C30H26ClN3O4/c1-2-3-16-38-22-14-12-21(13-15-22)33-29(36)24-25(30(33)37)27(28(35)18-8-10-20(31)11-9-18)34-26(24)23-7-5-4-6-19(23)17-32-34/h4-15,17,24-27H,2-3,16H2,1H3/t24-,25-,26-,27+/m1/s1. The van der Waals surface area contributed by atoms with Crippen LogP contribution in [0.1, 0.15) is 47.3 Å². The third-order valence-corrected chi connectivity index (χ3v) is 7.80. The molecule has 0 N–H and O–H groups in total. The highest BCUT2D eigenvalue weighted by molar-refractivity contribution is 6.30. The number of ether oxygens (including phenoxy) is 1. The van der Waals surface area contributed by atoms with Gasteiger partial charge in [-0.1, -0.05) is 49.2 Å². The molecule has 4 atom stereocenters. The molecule has 6 rings (SSSR count). The van der Waals surface area contributed by atoms with E-state index in [4.69, 9.17) is 16.3 Å². The summed E-state index contributed by atoms with van der Waals surface area (Å²) in [7, 11) is 0. The molecular formula is C30H26ClN3O4. The van der Waals surface area contributed by atoms with E-state index in [2.05, 4.69) is 12.0 Å². The van der Waals surface area contributed by atoms with Gasteiger partial charge in [0.1, 0.15) is 11.8 Å². The number of hydrogen-bond donors (Lipinski definition) is 0. The molecule has 3 aliphatic heterocycles. The molecule has 0 unspecified atom stereocenters. The Balaban J connectivity index is 1.39. The van der Waals surface area contributed by atoms with Gasteiger partial charge in [-0.3, -0.25) is 19.4 Å². The fourth-order valence-electron chi connectivity index (χ4n) is 5.73. The summed E-state index contributed by atoms with van der Waals surface area (Å²) in [5.41, 5.74) is 2.64. The molecular weight excluding hydrogens is 502 g/mol. The number of halogens is 1. The van der Waals surface area contributed by atoms with Gasteiger partial charge >= 0.3 is 0 Å². The number of ketones is 1. The van der Waals surface area contributed by atoms with Gasteiger partial charge in [-0.05, 0) is 66.1 Å². The first-order valence-corrected chi connectivity index (χ1v) is 13.2. The van der Waals surface area contributed by atoms with Crippen LogP contribution in [-0.2, 0) is 9.59 Å². The number of benzene rings is 3. The third kappa shape index (κ3) is 3.89. The topological polar surface area (TPSA) is 79.3 Å². The molecule has 8 heteroatoms. The summed E-state index contributed by atoms with van der Waals surface area (Å²) in [4.78, 5) is 43.0. The number of amides is 2. The van der Waals surface area contributed by atoms with Crippen LogP contribution in [0.5, 0.6) is 5.75 Å². The SMILES string of the molecule is CCCCOc1ccc(N2C(=O)[C@@H]3[C@@H](C2=O)[C@H]2c4ccccc4C=NN2[C@@H]3C(=O)c2ccc(Cl)cc2)cc1. The zero-order valence-corrected chi connectivity index (χ0v) is 21.5. The summed E-state index contributed by atoms with van der Waals surface area (Å²) >= 11 is 6.05. The van der Waals surface area contributed by atoms with Gasteiger partial charge in [-0.2, -0.15) is 5.10 Å². The van der Waals surface area contributed by atoms with E-state index >= 15 is 0 Å². The molecule has 2 saturated heterocycles. The molecule has 192 valence electrons. The van der Waals surface area contributed by atoms with Crippen LogP contribution in [0.4, 0.5) is 5.69 Å². The summed E-state index contributed by atoms with van der Waals surface area (Å²) in [6.45, 7) is 2.70. The van der Waals surface area contributed by atoms with Crippen molar-refractivity contribution in [3.05, 3.63) is 94.5 Å². The Morgan fingerprint density at radius 3 is 2.39 bits per heavy atom. The van der Waals surface area contributed by atoms with E-state index in [1.54, 1.807) is 59.8 Å². The van der Waals surface area contributed by atoms with E-state index in [0.717, 1.165) is 24.0 Å². The van der Waals surface area contributed by atoms with Gasteiger partial charge in [0, 0.05) is 10.6 Å². The molecule has 0 aromatic heterocycles. The molecule has 3 heterocycles. The van der Waals surface area contributed by atoms with E-state index in [1.807, 2.05) is 24.3 Å². The van der Waals surface area contributed by atoms with Crippen LogP contribution in [0, 0.1) is 11.8 Å². The van der Waals surface area contributed by atoms with Crippen molar-refractivity contribution in [2.24, 2.45) is 16.9 Å². The second kappa shape index (κ2) is 9.72. The van der Waals surface area contributed by atoms with E-state index in [9.17, 15) is 14.4 Å². The molecule has 0 radical (unpaired) electrons. The van der Waals surface area contributed by atoms with Gasteiger partial charge in [-0.15, -0.1) is 0 Å². The minimum Gasteiger partial charge on any atom is -0.494 e. The average Bonchev–Trinajstić information content (AvgIpc) is 3.41. The van der Waals surface area contributed by atoms with Crippen LogP contribution in [0.3, 0.4) is 0 Å². The van der Waals surface area contributed by atoms with Crippen molar-refractivity contribution in [1.82, 2.24) is 5.01 Å². The lowest BCUT2D eigenvalue weighted by Gasteiger charge is -2.33. The highest BCUT2D eigenvalue weighted by Gasteiger charge is 2.65. The minimum absolute atomic E-state index is 0.265. The van der Waals surface area contributed by atoms with Crippen LogP contribution in [0.2, 0.25) is 5.02 Å². The number of Topliss-reactive ketones (excluding diaryl/α,β-unsaturated/α-hetero) is 1. The van der Waals surface area contributed by atoms with Gasteiger partial charge < -0.3 is 4.74 Å². The number of carbonyl (C=O) groups is 3. The predicted molar refractivity (Wildman–Crippen MR) is 145 cm³/mol. The number of rotatable bonds is 7. The fraction of sp³-hybridized carbons (Fsp3) is 0.267. The number of nitrogens with zero attached hydrogens (tertiary/aromatic N) is 3. The molecule has 0 bridgehead atoms. The molecule has 2 amide bonds. The van der Waals surface area contributed by atoms with E-state index in [1.165, 1.54) is 4.90 Å². The lowest BCUT2D eigenvalue weighted by Crippen LogP contribution is -2.44. The zero-order chi connectivity index (χ0) is 26.4. The van der Waals surface area contributed by atoms with Crippen LogP contribution in [0.25, 0.3) is 0 Å². The quantitative estimate of drug-likeness (QED) is 0.237. The lowest BCUT2D eigenvalue weighted by atomic mass is 9.83. The van der Waals surface area contributed by atoms with Crippen molar-refractivity contribution < 1.29 is 19.1 Å². The molecule has 3 aromatic carbocycles. The largest absolute Gasteiger partial charge is 0.494 e. The first-order valence-electron chi connectivity index (χ1n) is 12.8. The lowest BCUT2D eigenvalue weighted by molar-refractivity contribution is -0.124. The van der Waals surface area contributed by atoms with Crippen LogP contribution < -0.4 is 9.64 Å². The number of hydrazone groups is 1. The Hall–Kier alpha value is -3.97. The van der Waals surface area contributed by atoms with Gasteiger partial charge in [0.25, 0.3) is 0 Å². The van der Waals surface area contributed by atoms with Gasteiger partial charge in [0.05, 0.1) is 36.4 Å². The molecule has 2 fully saturated rings. The van der Waals surface area contributed by atoms with Crippen molar-refractivity contribution >= 4 is 41.1 Å². The molecule has 7 nitrogen and oxygen atoms in total. The Kier molecular flexibility index (Phi) is 6.24. The maximum absolute atomic E-state index is 14.0. The second-order valence-electron chi connectivity index (χ2n) is 9.77. The van der Waals surface area contributed by atoms with Gasteiger partial charge in [0.15, 0.2) is 5.78 Å². The van der Waals surface area contributed by atoms with Gasteiger partial charge in [-0.25, -0.2) is 4.90 Å². The molecule has 3 aliphatic rings. The van der Waals surface area contributed by atoms with E-state index < -0.39 is 29.8 Å². The number of unbranched alkanes of at least 4 members (excludes halogenated alkanes) is 1. The summed E-state index contributed by atoms with van der Waals surface area (Å²) in [5, 5.41) is 6.76. The summed E-state index contributed by atoms with van der Waals surface area (Å²) in [6.07, 6.45) is 3.66. The first kappa shape index (κ1) is 24.4. The summed E-state index contributed by atoms with van der Waals surface area (Å²) < 4.78 is 5.74. The third-order valence-electron chi connectivity index (χ3n) is 7.55. The van der Waals surface area contributed by atoms with Crippen molar-refractivity contribution in [3.63, 3.8) is 0 Å². The molecule has 3 aromatic rings. The Morgan fingerprint density at radius 2 is 1.66 bits per heavy atom. The maximum atomic E-state index is 14.0. The highest BCUT2D eigenvalue weighted by atomic mass is 35.5. The molecule has 0 spiro atoms. The van der Waals surface area contributed by atoms with Crippen LogP contribution >= 0.6 is 11.6 Å². The van der Waals surface area contributed by atoms with Crippen LogP contribution in [0.15, 0.2) is 77.9 Å².